The van der Waals surface area contributed by atoms with Gasteiger partial charge in [0.1, 0.15) is 5.82 Å². The molecule has 1 fully saturated rings. The van der Waals surface area contributed by atoms with Gasteiger partial charge in [0.2, 0.25) is 0 Å². The van der Waals surface area contributed by atoms with Crippen molar-refractivity contribution in [3.05, 3.63) is 36.4 Å². The van der Waals surface area contributed by atoms with Crippen LogP contribution in [0.1, 0.15) is 12.0 Å². The van der Waals surface area contributed by atoms with Crippen molar-refractivity contribution in [2.75, 3.05) is 18.0 Å². The summed E-state index contributed by atoms with van der Waals surface area (Å²) in [6.07, 6.45) is 7.96. The highest BCUT2D eigenvalue weighted by Gasteiger charge is 2.26. The van der Waals surface area contributed by atoms with E-state index in [0.29, 0.717) is 0 Å². The van der Waals surface area contributed by atoms with Crippen LogP contribution in [0.15, 0.2) is 30.9 Å². The van der Waals surface area contributed by atoms with E-state index < -0.39 is 0 Å². The highest BCUT2D eigenvalue weighted by Crippen LogP contribution is 2.32. The third-order valence-corrected chi connectivity index (χ3v) is 4.12. The Hall–Kier alpha value is -1.66. The molecule has 1 saturated heterocycles. The van der Waals surface area contributed by atoms with Crippen LogP contribution in [0, 0.1) is 6.92 Å². The van der Waals surface area contributed by atoms with E-state index in [9.17, 15) is 4.55 Å². The Kier molecular flexibility index (Phi) is 3.84. The Morgan fingerprint density at radius 1 is 1.30 bits per heavy atom. The van der Waals surface area contributed by atoms with Crippen LogP contribution in [-0.4, -0.2) is 37.8 Å². The SMILES string of the molecule is Cc1cnc(N2CCC(SO)C2)c(-c2cnccn2)c1. The normalized spacial score (nSPS) is 18.5. The lowest BCUT2D eigenvalue weighted by Crippen LogP contribution is -2.22. The summed E-state index contributed by atoms with van der Waals surface area (Å²) >= 11 is 0.938. The first kappa shape index (κ1) is 13.3. The van der Waals surface area contributed by atoms with Crippen LogP contribution in [0.4, 0.5) is 5.82 Å². The summed E-state index contributed by atoms with van der Waals surface area (Å²) < 4.78 is 9.21. The Morgan fingerprint density at radius 3 is 2.90 bits per heavy atom. The number of nitrogens with zero attached hydrogens (tertiary/aromatic N) is 4. The van der Waals surface area contributed by atoms with Gasteiger partial charge >= 0.3 is 0 Å². The van der Waals surface area contributed by atoms with Crippen LogP contribution in [0.3, 0.4) is 0 Å². The summed E-state index contributed by atoms with van der Waals surface area (Å²) in [7, 11) is 0. The quantitative estimate of drug-likeness (QED) is 0.876. The highest BCUT2D eigenvalue weighted by atomic mass is 32.2. The zero-order chi connectivity index (χ0) is 13.9. The molecule has 5 nitrogen and oxygen atoms in total. The van der Waals surface area contributed by atoms with Crippen LogP contribution < -0.4 is 4.90 Å². The standard InChI is InChI=1S/C14H16N4OS/c1-10-6-12(13-8-15-3-4-16-13)14(17-7-10)18-5-2-11(9-18)20-19/h3-4,6-8,11,19H,2,5,9H2,1H3. The first-order chi connectivity index (χ1) is 9.78. The second-order valence-electron chi connectivity index (χ2n) is 4.94. The number of anilines is 1. The molecule has 0 amide bonds. The molecule has 2 aromatic rings. The van der Waals surface area contributed by atoms with Crippen LogP contribution in [0.2, 0.25) is 0 Å². The fraction of sp³-hybridized carbons (Fsp3) is 0.357. The van der Waals surface area contributed by atoms with Crippen molar-refractivity contribution in [2.45, 2.75) is 18.6 Å². The average Bonchev–Trinajstić information content (AvgIpc) is 2.97. The van der Waals surface area contributed by atoms with E-state index in [0.717, 1.165) is 54.2 Å². The topological polar surface area (TPSA) is 62.1 Å². The zero-order valence-electron chi connectivity index (χ0n) is 11.2. The summed E-state index contributed by atoms with van der Waals surface area (Å²) in [5.74, 6) is 0.924. The van der Waals surface area contributed by atoms with Crippen LogP contribution in [0.25, 0.3) is 11.3 Å². The molecule has 1 unspecified atom stereocenters. The van der Waals surface area contributed by atoms with Crippen molar-refractivity contribution in [3.63, 3.8) is 0 Å². The summed E-state index contributed by atoms with van der Waals surface area (Å²) in [6.45, 7) is 3.74. The van der Waals surface area contributed by atoms with Crippen molar-refractivity contribution in [1.82, 2.24) is 15.0 Å². The van der Waals surface area contributed by atoms with E-state index in [4.69, 9.17) is 0 Å². The first-order valence-corrected chi connectivity index (χ1v) is 7.40. The second kappa shape index (κ2) is 5.76. The van der Waals surface area contributed by atoms with Crippen molar-refractivity contribution in [3.8, 4) is 11.3 Å². The minimum atomic E-state index is 0.257. The molecular weight excluding hydrogens is 272 g/mol. The van der Waals surface area contributed by atoms with Crippen LogP contribution in [-0.2, 0) is 0 Å². The summed E-state index contributed by atoms with van der Waals surface area (Å²) in [4.78, 5) is 15.3. The molecule has 3 heterocycles. The van der Waals surface area contributed by atoms with Gasteiger partial charge in [0.05, 0.1) is 17.1 Å². The molecule has 0 aliphatic carbocycles. The average molecular weight is 288 g/mol. The fourth-order valence-electron chi connectivity index (χ4n) is 2.45. The lowest BCUT2D eigenvalue weighted by Gasteiger charge is -2.20. The van der Waals surface area contributed by atoms with Gasteiger partial charge < -0.3 is 9.45 Å². The van der Waals surface area contributed by atoms with Gasteiger partial charge in [0.15, 0.2) is 0 Å². The van der Waals surface area contributed by atoms with Gasteiger partial charge in [-0.3, -0.25) is 9.97 Å². The molecule has 0 saturated carbocycles. The van der Waals surface area contributed by atoms with E-state index in [-0.39, 0.29) is 5.25 Å². The first-order valence-electron chi connectivity index (χ1n) is 6.56. The molecule has 0 spiro atoms. The smallest absolute Gasteiger partial charge is 0.138 e. The van der Waals surface area contributed by atoms with E-state index >= 15 is 0 Å². The van der Waals surface area contributed by atoms with Gasteiger partial charge in [0.25, 0.3) is 0 Å². The van der Waals surface area contributed by atoms with E-state index in [1.165, 1.54) is 0 Å². The summed E-state index contributed by atoms with van der Waals surface area (Å²) in [5, 5.41) is 0.257. The van der Waals surface area contributed by atoms with Gasteiger partial charge in [-0.15, -0.1) is 0 Å². The van der Waals surface area contributed by atoms with Crippen LogP contribution in [0.5, 0.6) is 0 Å². The molecule has 1 aliphatic rings. The second-order valence-corrected chi connectivity index (χ2v) is 5.81. The van der Waals surface area contributed by atoms with Gasteiger partial charge in [-0.25, -0.2) is 4.98 Å². The number of hydrogen-bond donors (Lipinski definition) is 1. The van der Waals surface area contributed by atoms with Gasteiger partial charge in [-0.05, 0) is 37.0 Å². The van der Waals surface area contributed by atoms with Crippen LogP contribution >= 0.6 is 12.0 Å². The van der Waals surface area contributed by atoms with Crippen molar-refractivity contribution in [2.24, 2.45) is 0 Å². The lowest BCUT2D eigenvalue weighted by atomic mass is 10.1. The maximum atomic E-state index is 9.21. The predicted molar refractivity (Wildman–Crippen MR) is 80.8 cm³/mol. The molecule has 6 heteroatoms. The van der Waals surface area contributed by atoms with Crippen molar-refractivity contribution >= 4 is 17.9 Å². The summed E-state index contributed by atoms with van der Waals surface area (Å²) in [6, 6.07) is 2.09. The Balaban J connectivity index is 1.99. The molecule has 0 bridgehead atoms. The third kappa shape index (κ3) is 2.62. The van der Waals surface area contributed by atoms with E-state index in [1.807, 2.05) is 13.1 Å². The molecule has 1 N–H and O–H groups in total. The van der Waals surface area contributed by atoms with Gasteiger partial charge in [-0.2, -0.15) is 0 Å². The van der Waals surface area contributed by atoms with Crippen molar-refractivity contribution < 1.29 is 4.55 Å². The predicted octanol–water partition coefficient (Wildman–Crippen LogP) is 2.63. The molecule has 0 aromatic carbocycles. The molecule has 20 heavy (non-hydrogen) atoms. The monoisotopic (exact) mass is 288 g/mol. The molecule has 0 radical (unpaired) electrons. The number of aryl methyl sites for hydroxylation is 1. The maximum absolute atomic E-state index is 9.21. The maximum Gasteiger partial charge on any atom is 0.138 e. The highest BCUT2D eigenvalue weighted by molar-refractivity contribution is 7.94. The summed E-state index contributed by atoms with van der Waals surface area (Å²) in [5.41, 5.74) is 2.93. The number of aromatic nitrogens is 3. The lowest BCUT2D eigenvalue weighted by molar-refractivity contribution is 0.651. The number of rotatable bonds is 3. The minimum absolute atomic E-state index is 0.257. The van der Waals surface area contributed by atoms with E-state index in [2.05, 4.69) is 25.9 Å². The van der Waals surface area contributed by atoms with E-state index in [1.54, 1.807) is 18.6 Å². The zero-order valence-corrected chi connectivity index (χ0v) is 12.0. The number of hydrogen-bond acceptors (Lipinski definition) is 6. The van der Waals surface area contributed by atoms with Gasteiger partial charge in [0, 0.05) is 37.2 Å². The molecular formula is C14H16N4OS. The van der Waals surface area contributed by atoms with Gasteiger partial charge in [-0.1, -0.05) is 0 Å². The van der Waals surface area contributed by atoms with Crippen molar-refractivity contribution in [1.29, 1.82) is 0 Å². The number of pyridine rings is 1. The molecule has 2 aromatic heterocycles. The molecule has 1 atom stereocenters. The molecule has 3 rings (SSSR count). The largest absolute Gasteiger partial charge is 0.355 e. The fourth-order valence-corrected chi connectivity index (χ4v) is 2.90. The minimum Gasteiger partial charge on any atom is -0.355 e. The third-order valence-electron chi connectivity index (χ3n) is 3.44. The Morgan fingerprint density at radius 2 is 2.20 bits per heavy atom. The molecule has 104 valence electrons. The Bertz CT molecular complexity index is 593. The molecule has 1 aliphatic heterocycles. The Labute approximate surface area is 122 Å².